The van der Waals surface area contributed by atoms with Gasteiger partial charge in [-0.25, -0.2) is 0 Å². The average molecular weight is 154 g/mol. The Labute approximate surface area is 66.9 Å². The monoisotopic (exact) mass is 154 g/mol. The van der Waals surface area contributed by atoms with Gasteiger partial charge in [-0.3, -0.25) is 4.79 Å². The summed E-state index contributed by atoms with van der Waals surface area (Å²) >= 11 is 0. The minimum absolute atomic E-state index is 0.0373. The number of hydrogen-bond donors (Lipinski definition) is 1. The smallest absolute Gasteiger partial charge is 0.229 e. The van der Waals surface area contributed by atoms with Gasteiger partial charge in [0.05, 0.1) is 5.92 Å². The van der Waals surface area contributed by atoms with Crippen molar-refractivity contribution in [1.82, 2.24) is 4.90 Å². The third-order valence-electron chi connectivity index (χ3n) is 1.85. The van der Waals surface area contributed by atoms with Gasteiger partial charge in [0.25, 0.3) is 0 Å². The predicted octanol–water partition coefficient (Wildman–Crippen LogP) is -0.0204. The molecule has 1 aliphatic rings. The Morgan fingerprint density at radius 2 is 2.55 bits per heavy atom. The summed E-state index contributed by atoms with van der Waals surface area (Å²) in [6.07, 6.45) is 3.96. The van der Waals surface area contributed by atoms with Crippen LogP contribution in [0.1, 0.15) is 6.92 Å². The van der Waals surface area contributed by atoms with Gasteiger partial charge in [-0.2, -0.15) is 0 Å². The van der Waals surface area contributed by atoms with Gasteiger partial charge in [0.1, 0.15) is 0 Å². The Morgan fingerprint density at radius 3 is 3.18 bits per heavy atom. The van der Waals surface area contributed by atoms with E-state index < -0.39 is 0 Å². The van der Waals surface area contributed by atoms with Crippen molar-refractivity contribution in [2.24, 2.45) is 11.7 Å². The quantitative estimate of drug-likeness (QED) is 0.568. The first kappa shape index (κ1) is 8.27. The van der Waals surface area contributed by atoms with Crippen LogP contribution in [0.3, 0.4) is 0 Å². The van der Waals surface area contributed by atoms with Crippen LogP contribution in [0.5, 0.6) is 0 Å². The molecule has 1 rings (SSSR count). The molecule has 62 valence electrons. The maximum Gasteiger partial charge on any atom is 0.229 e. The molecule has 0 fully saturated rings. The van der Waals surface area contributed by atoms with E-state index in [-0.39, 0.29) is 11.8 Å². The molecule has 1 heterocycles. The van der Waals surface area contributed by atoms with Crippen LogP contribution in [-0.4, -0.2) is 30.4 Å². The van der Waals surface area contributed by atoms with E-state index in [4.69, 9.17) is 5.73 Å². The number of rotatable bonds is 2. The third-order valence-corrected chi connectivity index (χ3v) is 1.85. The fourth-order valence-corrected chi connectivity index (χ4v) is 1.21. The van der Waals surface area contributed by atoms with E-state index in [2.05, 4.69) is 0 Å². The van der Waals surface area contributed by atoms with Crippen LogP contribution in [0, 0.1) is 5.92 Å². The molecule has 0 aromatic carbocycles. The van der Waals surface area contributed by atoms with E-state index >= 15 is 0 Å². The lowest BCUT2D eigenvalue weighted by Crippen LogP contribution is -2.40. The SMILES string of the molecule is C[C@H]1C=CCN(CCN)C1=O. The summed E-state index contributed by atoms with van der Waals surface area (Å²) < 4.78 is 0. The molecule has 0 aromatic heterocycles. The first-order valence-corrected chi connectivity index (χ1v) is 3.91. The number of carbonyl (C=O) groups is 1. The molecule has 1 atom stereocenters. The van der Waals surface area contributed by atoms with Crippen LogP contribution < -0.4 is 5.73 Å². The van der Waals surface area contributed by atoms with Gasteiger partial charge in [0, 0.05) is 19.6 Å². The number of nitrogens with zero attached hydrogens (tertiary/aromatic N) is 1. The fraction of sp³-hybridized carbons (Fsp3) is 0.625. The number of carbonyl (C=O) groups excluding carboxylic acids is 1. The molecule has 3 heteroatoms. The van der Waals surface area contributed by atoms with Crippen LogP contribution in [0.25, 0.3) is 0 Å². The molecule has 0 aliphatic carbocycles. The van der Waals surface area contributed by atoms with Crippen molar-refractivity contribution in [2.45, 2.75) is 6.92 Å². The van der Waals surface area contributed by atoms with Gasteiger partial charge in [-0.15, -0.1) is 0 Å². The van der Waals surface area contributed by atoms with Crippen LogP contribution in [0.4, 0.5) is 0 Å². The van der Waals surface area contributed by atoms with E-state index in [0.717, 1.165) is 6.54 Å². The van der Waals surface area contributed by atoms with E-state index in [1.54, 1.807) is 4.90 Å². The first-order valence-electron chi connectivity index (χ1n) is 3.91. The summed E-state index contributed by atoms with van der Waals surface area (Å²) in [4.78, 5) is 13.1. The maximum absolute atomic E-state index is 11.3. The number of nitrogens with two attached hydrogens (primary N) is 1. The zero-order valence-electron chi connectivity index (χ0n) is 6.79. The Kier molecular flexibility index (Phi) is 2.65. The minimum Gasteiger partial charge on any atom is -0.337 e. The summed E-state index contributed by atoms with van der Waals surface area (Å²) in [7, 11) is 0. The van der Waals surface area contributed by atoms with Gasteiger partial charge in [0.15, 0.2) is 0 Å². The lowest BCUT2D eigenvalue weighted by molar-refractivity contribution is -0.133. The summed E-state index contributed by atoms with van der Waals surface area (Å²) in [5, 5.41) is 0. The Morgan fingerprint density at radius 1 is 1.82 bits per heavy atom. The van der Waals surface area contributed by atoms with Crippen LogP contribution in [0.2, 0.25) is 0 Å². The summed E-state index contributed by atoms with van der Waals surface area (Å²) in [6.45, 7) is 3.85. The molecule has 11 heavy (non-hydrogen) atoms. The van der Waals surface area contributed by atoms with Crippen LogP contribution in [-0.2, 0) is 4.79 Å². The van der Waals surface area contributed by atoms with Crippen LogP contribution >= 0.6 is 0 Å². The topological polar surface area (TPSA) is 46.3 Å². The normalized spacial score (nSPS) is 24.4. The molecular weight excluding hydrogens is 140 g/mol. The zero-order chi connectivity index (χ0) is 8.27. The highest BCUT2D eigenvalue weighted by Gasteiger charge is 2.19. The van der Waals surface area contributed by atoms with Gasteiger partial charge in [0.2, 0.25) is 5.91 Å². The van der Waals surface area contributed by atoms with Crippen molar-refractivity contribution in [2.75, 3.05) is 19.6 Å². The lowest BCUT2D eigenvalue weighted by Gasteiger charge is -2.26. The van der Waals surface area contributed by atoms with Gasteiger partial charge in [-0.1, -0.05) is 19.1 Å². The Hall–Kier alpha value is -0.830. The second-order valence-electron chi connectivity index (χ2n) is 2.79. The molecule has 0 spiro atoms. The lowest BCUT2D eigenvalue weighted by atomic mass is 10.1. The van der Waals surface area contributed by atoms with E-state index in [1.807, 2.05) is 19.1 Å². The largest absolute Gasteiger partial charge is 0.337 e. The number of amides is 1. The molecule has 0 saturated heterocycles. The highest BCUT2D eigenvalue weighted by atomic mass is 16.2. The van der Waals surface area contributed by atoms with Crippen molar-refractivity contribution in [3.8, 4) is 0 Å². The van der Waals surface area contributed by atoms with Crippen molar-refractivity contribution >= 4 is 5.91 Å². The highest BCUT2D eigenvalue weighted by Crippen LogP contribution is 2.09. The van der Waals surface area contributed by atoms with E-state index in [0.29, 0.717) is 13.1 Å². The summed E-state index contributed by atoms with van der Waals surface area (Å²) in [5.74, 6) is 0.230. The summed E-state index contributed by atoms with van der Waals surface area (Å²) in [5.41, 5.74) is 5.35. The van der Waals surface area contributed by atoms with Crippen molar-refractivity contribution < 1.29 is 4.79 Å². The highest BCUT2D eigenvalue weighted by molar-refractivity contribution is 5.81. The molecular formula is C8H14N2O. The predicted molar refractivity (Wildman–Crippen MR) is 43.9 cm³/mol. The molecule has 0 bridgehead atoms. The van der Waals surface area contributed by atoms with Gasteiger partial charge >= 0.3 is 0 Å². The van der Waals surface area contributed by atoms with E-state index in [9.17, 15) is 4.79 Å². The average Bonchev–Trinajstić information content (AvgIpc) is 1.99. The summed E-state index contributed by atoms with van der Waals surface area (Å²) in [6, 6.07) is 0. The molecule has 0 radical (unpaired) electrons. The second-order valence-corrected chi connectivity index (χ2v) is 2.79. The zero-order valence-corrected chi connectivity index (χ0v) is 6.79. The molecule has 0 unspecified atom stereocenters. The Bertz CT molecular complexity index is 177. The second kappa shape index (κ2) is 3.53. The number of hydrogen-bond acceptors (Lipinski definition) is 2. The van der Waals surface area contributed by atoms with Crippen molar-refractivity contribution in [1.29, 1.82) is 0 Å². The Balaban J connectivity index is 2.55. The molecule has 2 N–H and O–H groups in total. The standard InChI is InChI=1S/C8H14N2O/c1-7-3-2-5-10(6-4-9)8(7)11/h2-3,7H,4-6,9H2,1H3/t7-/m0/s1. The molecule has 1 amide bonds. The van der Waals surface area contributed by atoms with E-state index in [1.165, 1.54) is 0 Å². The van der Waals surface area contributed by atoms with Gasteiger partial charge < -0.3 is 10.6 Å². The van der Waals surface area contributed by atoms with Crippen molar-refractivity contribution in [3.05, 3.63) is 12.2 Å². The van der Waals surface area contributed by atoms with Crippen molar-refractivity contribution in [3.63, 3.8) is 0 Å². The maximum atomic E-state index is 11.3. The first-order chi connectivity index (χ1) is 5.25. The molecule has 0 aromatic rings. The molecule has 3 nitrogen and oxygen atoms in total. The minimum atomic E-state index is 0.0373. The fourth-order valence-electron chi connectivity index (χ4n) is 1.21. The van der Waals surface area contributed by atoms with Crippen LogP contribution in [0.15, 0.2) is 12.2 Å². The molecule has 1 aliphatic heterocycles. The third kappa shape index (κ3) is 1.80. The molecule has 0 saturated carbocycles. The van der Waals surface area contributed by atoms with Gasteiger partial charge in [-0.05, 0) is 0 Å².